The summed E-state index contributed by atoms with van der Waals surface area (Å²) in [5.74, 6) is -0.220. The Morgan fingerprint density at radius 1 is 1.61 bits per heavy atom. The second-order valence-corrected chi connectivity index (χ2v) is 5.38. The summed E-state index contributed by atoms with van der Waals surface area (Å²) in [7, 11) is 0. The number of amides is 1. The molecule has 0 saturated heterocycles. The number of hydrogen-bond acceptors (Lipinski definition) is 4. The Bertz CT molecular complexity index is 569. The molecule has 1 amide bonds. The average Bonchev–Trinajstić information content (AvgIpc) is 2.81. The number of thiazole rings is 1. The van der Waals surface area contributed by atoms with E-state index < -0.39 is 0 Å². The lowest BCUT2D eigenvalue weighted by atomic mass is 10.1. The maximum absolute atomic E-state index is 12.0. The Labute approximate surface area is 114 Å². The topological polar surface area (TPSA) is 68.0 Å². The fourth-order valence-electron chi connectivity index (χ4n) is 1.65. The van der Waals surface area contributed by atoms with Crippen LogP contribution >= 0.6 is 22.9 Å². The summed E-state index contributed by atoms with van der Waals surface area (Å²) in [6.07, 6.45) is 0.649. The zero-order valence-electron chi connectivity index (χ0n) is 9.94. The van der Waals surface area contributed by atoms with E-state index in [0.717, 1.165) is 10.2 Å². The van der Waals surface area contributed by atoms with Gasteiger partial charge in [-0.3, -0.25) is 4.79 Å². The molecule has 1 aromatic carbocycles. The Hall–Kier alpha value is -1.17. The molecule has 4 nitrogen and oxygen atoms in total. The second kappa shape index (κ2) is 5.65. The van der Waals surface area contributed by atoms with Gasteiger partial charge in [-0.25, -0.2) is 4.98 Å². The summed E-state index contributed by atoms with van der Waals surface area (Å²) in [5, 5.41) is 3.34. The number of nitrogens with one attached hydrogen (secondary N) is 1. The molecule has 1 heterocycles. The predicted octanol–water partition coefficient (Wildman–Crippen LogP) is 2.87. The largest absolute Gasteiger partial charge is 0.330 e. The second-order valence-electron chi connectivity index (χ2n) is 4.09. The lowest BCUT2D eigenvalue weighted by molar-refractivity contribution is -0.119. The zero-order valence-corrected chi connectivity index (χ0v) is 11.5. The van der Waals surface area contributed by atoms with Crippen molar-refractivity contribution in [3.63, 3.8) is 0 Å². The van der Waals surface area contributed by atoms with Gasteiger partial charge in [-0.2, -0.15) is 0 Å². The number of benzene rings is 1. The lowest BCUT2D eigenvalue weighted by Gasteiger charge is -2.12. The smallest absolute Gasteiger partial charge is 0.227 e. The summed E-state index contributed by atoms with van der Waals surface area (Å²) in [5.41, 5.74) is 8.51. The molecule has 96 valence electrons. The van der Waals surface area contributed by atoms with Crippen LogP contribution in [0, 0.1) is 5.92 Å². The van der Waals surface area contributed by atoms with E-state index in [-0.39, 0.29) is 11.8 Å². The first-order chi connectivity index (χ1) is 8.63. The highest BCUT2D eigenvalue weighted by Gasteiger charge is 2.16. The van der Waals surface area contributed by atoms with Gasteiger partial charge < -0.3 is 11.1 Å². The van der Waals surface area contributed by atoms with E-state index in [1.807, 2.05) is 13.0 Å². The molecule has 1 unspecified atom stereocenters. The van der Waals surface area contributed by atoms with Crippen LogP contribution in [0.4, 0.5) is 5.69 Å². The van der Waals surface area contributed by atoms with Crippen LogP contribution in [0.1, 0.15) is 13.3 Å². The molecule has 2 rings (SSSR count). The first-order valence-electron chi connectivity index (χ1n) is 5.66. The molecule has 0 bridgehead atoms. The van der Waals surface area contributed by atoms with Crippen LogP contribution in [0.5, 0.6) is 0 Å². The van der Waals surface area contributed by atoms with E-state index >= 15 is 0 Å². The Kier molecular flexibility index (Phi) is 4.16. The highest BCUT2D eigenvalue weighted by molar-refractivity contribution is 7.16. The molecule has 6 heteroatoms. The van der Waals surface area contributed by atoms with E-state index in [2.05, 4.69) is 10.3 Å². The van der Waals surface area contributed by atoms with Gasteiger partial charge in [0.25, 0.3) is 0 Å². The molecule has 18 heavy (non-hydrogen) atoms. The van der Waals surface area contributed by atoms with Crippen molar-refractivity contribution in [2.24, 2.45) is 11.7 Å². The number of halogens is 1. The average molecular weight is 284 g/mol. The number of carbonyl (C=O) groups is 1. The molecule has 0 radical (unpaired) electrons. The number of carbonyl (C=O) groups excluding carboxylic acids is 1. The quantitative estimate of drug-likeness (QED) is 0.906. The fourth-order valence-corrected chi connectivity index (χ4v) is 2.54. The molecule has 0 aliphatic carbocycles. The van der Waals surface area contributed by atoms with Crippen molar-refractivity contribution in [3.05, 3.63) is 22.7 Å². The van der Waals surface area contributed by atoms with Crippen LogP contribution in [0.3, 0.4) is 0 Å². The number of anilines is 1. The van der Waals surface area contributed by atoms with Crippen molar-refractivity contribution >= 4 is 44.7 Å². The number of rotatable bonds is 4. The first-order valence-corrected chi connectivity index (χ1v) is 6.92. The van der Waals surface area contributed by atoms with Crippen molar-refractivity contribution < 1.29 is 4.79 Å². The minimum Gasteiger partial charge on any atom is -0.330 e. The van der Waals surface area contributed by atoms with E-state index in [9.17, 15) is 4.79 Å². The van der Waals surface area contributed by atoms with Gasteiger partial charge in [0.2, 0.25) is 5.91 Å². The number of aromatic nitrogens is 1. The molecule has 0 fully saturated rings. The highest BCUT2D eigenvalue weighted by atomic mass is 35.5. The van der Waals surface area contributed by atoms with Gasteiger partial charge in [-0.05, 0) is 25.1 Å². The third-order valence-electron chi connectivity index (χ3n) is 2.75. The molecule has 1 aromatic heterocycles. The van der Waals surface area contributed by atoms with Crippen molar-refractivity contribution in [2.45, 2.75) is 13.3 Å². The van der Waals surface area contributed by atoms with Crippen molar-refractivity contribution in [2.75, 3.05) is 11.9 Å². The van der Waals surface area contributed by atoms with Gasteiger partial charge in [0.05, 0.1) is 20.9 Å². The predicted molar refractivity (Wildman–Crippen MR) is 76.1 cm³/mol. The maximum Gasteiger partial charge on any atom is 0.227 e. The Balaban J connectivity index is 2.28. The molecular weight excluding hydrogens is 270 g/mol. The molecule has 1 atom stereocenters. The van der Waals surface area contributed by atoms with Crippen molar-refractivity contribution in [1.82, 2.24) is 4.98 Å². The number of nitrogens with zero attached hydrogens (tertiary/aromatic N) is 1. The molecule has 0 aliphatic rings. The third-order valence-corrected chi connectivity index (χ3v) is 3.86. The van der Waals surface area contributed by atoms with Crippen molar-refractivity contribution in [1.29, 1.82) is 0 Å². The van der Waals surface area contributed by atoms with Gasteiger partial charge in [0.15, 0.2) is 0 Å². The van der Waals surface area contributed by atoms with Gasteiger partial charge in [-0.15, -0.1) is 11.3 Å². The molecule has 0 spiro atoms. The Morgan fingerprint density at radius 2 is 2.39 bits per heavy atom. The minimum atomic E-state index is -0.139. The summed E-state index contributed by atoms with van der Waals surface area (Å²) >= 11 is 7.63. The molecule has 2 aromatic rings. The minimum absolute atomic E-state index is 0.0807. The molecule has 0 saturated carbocycles. The van der Waals surface area contributed by atoms with Gasteiger partial charge in [0, 0.05) is 5.92 Å². The summed E-state index contributed by atoms with van der Waals surface area (Å²) in [4.78, 5) is 16.2. The standard InChI is InChI=1S/C12H14ClN3OS/c1-7(4-5-14)12(17)16-10-8(13)2-3-9-11(10)15-6-18-9/h2-3,6-7H,4-5,14H2,1H3,(H,16,17). The van der Waals surface area contributed by atoms with Crippen LogP contribution < -0.4 is 11.1 Å². The highest BCUT2D eigenvalue weighted by Crippen LogP contribution is 2.32. The van der Waals surface area contributed by atoms with Crippen LogP contribution in [-0.4, -0.2) is 17.4 Å². The van der Waals surface area contributed by atoms with E-state index in [0.29, 0.717) is 23.7 Å². The number of fused-ring (bicyclic) bond motifs is 1. The summed E-state index contributed by atoms with van der Waals surface area (Å²) in [6, 6.07) is 3.67. The monoisotopic (exact) mass is 283 g/mol. The van der Waals surface area contributed by atoms with Crippen LogP contribution in [-0.2, 0) is 4.79 Å². The summed E-state index contributed by atoms with van der Waals surface area (Å²) in [6.45, 7) is 2.33. The number of nitrogens with two attached hydrogens (primary N) is 1. The molecular formula is C12H14ClN3OS. The van der Waals surface area contributed by atoms with Crippen LogP contribution in [0.2, 0.25) is 5.02 Å². The van der Waals surface area contributed by atoms with Crippen LogP contribution in [0.15, 0.2) is 17.6 Å². The van der Waals surface area contributed by atoms with Gasteiger partial charge in [-0.1, -0.05) is 18.5 Å². The normalized spacial score (nSPS) is 12.6. The molecule has 0 aliphatic heterocycles. The SMILES string of the molecule is CC(CCN)C(=O)Nc1c(Cl)ccc2scnc12. The fraction of sp³-hybridized carbons (Fsp3) is 0.333. The van der Waals surface area contributed by atoms with Crippen molar-refractivity contribution in [3.8, 4) is 0 Å². The van der Waals surface area contributed by atoms with Crippen LogP contribution in [0.25, 0.3) is 10.2 Å². The zero-order chi connectivity index (χ0) is 13.1. The van der Waals surface area contributed by atoms with E-state index in [1.165, 1.54) is 11.3 Å². The Morgan fingerprint density at radius 3 is 3.11 bits per heavy atom. The van der Waals surface area contributed by atoms with Gasteiger partial charge in [0.1, 0.15) is 5.52 Å². The lowest BCUT2D eigenvalue weighted by Crippen LogP contribution is -2.23. The maximum atomic E-state index is 12.0. The first kappa shape index (κ1) is 13.3. The third kappa shape index (κ3) is 2.63. The molecule has 3 N–H and O–H groups in total. The summed E-state index contributed by atoms with van der Waals surface area (Å²) < 4.78 is 1.00. The number of hydrogen-bond donors (Lipinski definition) is 2. The van der Waals surface area contributed by atoms with Gasteiger partial charge >= 0.3 is 0 Å². The van der Waals surface area contributed by atoms with E-state index in [1.54, 1.807) is 11.6 Å². The van der Waals surface area contributed by atoms with E-state index in [4.69, 9.17) is 17.3 Å².